The maximum Gasteiger partial charge on any atom is 0.199 e. The second kappa shape index (κ2) is 5.28. The molecule has 0 unspecified atom stereocenters. The van der Waals surface area contributed by atoms with Crippen molar-refractivity contribution in [2.24, 2.45) is 0 Å². The van der Waals surface area contributed by atoms with Crippen LogP contribution in [-0.2, 0) is 0 Å². The quantitative estimate of drug-likeness (QED) is 0.682. The highest BCUT2D eigenvalue weighted by atomic mass is 35.5. The Hall–Kier alpha value is -1.99. The maximum atomic E-state index is 13.8. The fourth-order valence-corrected chi connectivity index (χ4v) is 3.07. The molecule has 4 rings (SSSR count). The van der Waals surface area contributed by atoms with Crippen LogP contribution in [0.5, 0.6) is 0 Å². The highest BCUT2D eigenvalue weighted by molar-refractivity contribution is 6.31. The third kappa shape index (κ3) is 2.40. The lowest BCUT2D eigenvalue weighted by molar-refractivity contribution is 0.312. The van der Waals surface area contributed by atoms with Gasteiger partial charge in [0, 0.05) is 32.2 Å². The summed E-state index contributed by atoms with van der Waals surface area (Å²) in [7, 11) is 2.10. The number of aromatic nitrogens is 4. The molecule has 1 aromatic carbocycles. The Kier molecular flexibility index (Phi) is 3.35. The van der Waals surface area contributed by atoms with Gasteiger partial charge in [0.05, 0.1) is 16.1 Å². The van der Waals surface area contributed by atoms with Crippen LogP contribution in [0.1, 0.15) is 5.82 Å². The van der Waals surface area contributed by atoms with Gasteiger partial charge in [-0.3, -0.25) is 0 Å². The molecular weight excluding hydrogens is 319 g/mol. The average Bonchev–Trinajstić information content (AvgIpc) is 2.91. The molecule has 0 bridgehead atoms. The Morgan fingerprint density at radius 1 is 1.13 bits per heavy atom. The number of fused-ring (bicyclic) bond motifs is 3. The molecule has 3 aromatic rings. The molecular formula is C15H16ClFN6. The van der Waals surface area contributed by atoms with E-state index in [1.54, 1.807) is 10.6 Å². The molecule has 6 nitrogen and oxygen atoms in total. The second-order valence-corrected chi connectivity index (χ2v) is 6.28. The minimum absolute atomic E-state index is 0.0566. The highest BCUT2D eigenvalue weighted by Crippen LogP contribution is 2.27. The van der Waals surface area contributed by atoms with E-state index in [1.807, 2.05) is 6.92 Å². The standard InChI is InChI=1S/C15H16ClFN6/c1-9-18-15-14(22-5-3-21(2)4-6-22)19-12-8-11(17)10(16)7-13(12)23(15)20-9/h7-8H,3-6H2,1-2H3. The molecule has 120 valence electrons. The van der Waals surface area contributed by atoms with E-state index in [2.05, 4.69) is 31.9 Å². The first-order valence-corrected chi connectivity index (χ1v) is 7.86. The Labute approximate surface area is 137 Å². The number of hydrogen-bond acceptors (Lipinski definition) is 5. The van der Waals surface area contributed by atoms with Crippen LogP contribution in [0.2, 0.25) is 5.02 Å². The van der Waals surface area contributed by atoms with Gasteiger partial charge in [-0.25, -0.2) is 18.9 Å². The predicted molar refractivity (Wildman–Crippen MR) is 87.7 cm³/mol. The molecule has 1 saturated heterocycles. The molecule has 1 fully saturated rings. The minimum atomic E-state index is -0.479. The van der Waals surface area contributed by atoms with Crippen molar-refractivity contribution < 1.29 is 4.39 Å². The number of piperazine rings is 1. The van der Waals surface area contributed by atoms with Gasteiger partial charge in [-0.05, 0) is 20.0 Å². The van der Waals surface area contributed by atoms with E-state index in [0.717, 1.165) is 32.0 Å². The minimum Gasteiger partial charge on any atom is -0.351 e. The van der Waals surface area contributed by atoms with E-state index in [0.29, 0.717) is 22.5 Å². The summed E-state index contributed by atoms with van der Waals surface area (Å²) < 4.78 is 15.5. The number of likely N-dealkylation sites (N-methyl/N-ethyl adjacent to an activating group) is 1. The molecule has 0 amide bonds. The summed E-state index contributed by atoms with van der Waals surface area (Å²) in [6.07, 6.45) is 0. The zero-order valence-electron chi connectivity index (χ0n) is 12.9. The first-order valence-electron chi connectivity index (χ1n) is 7.48. The van der Waals surface area contributed by atoms with Crippen molar-refractivity contribution in [1.29, 1.82) is 0 Å². The molecule has 2 aromatic heterocycles. The summed E-state index contributed by atoms with van der Waals surface area (Å²) in [6, 6.07) is 2.90. The van der Waals surface area contributed by atoms with Crippen molar-refractivity contribution in [1.82, 2.24) is 24.5 Å². The lowest BCUT2D eigenvalue weighted by Gasteiger charge is -2.33. The lowest BCUT2D eigenvalue weighted by atomic mass is 10.2. The predicted octanol–water partition coefficient (Wildman–Crippen LogP) is 2.13. The SMILES string of the molecule is Cc1nc2c(N3CCN(C)CC3)nc3cc(F)c(Cl)cc3n2n1. The van der Waals surface area contributed by atoms with Crippen LogP contribution in [0.4, 0.5) is 10.2 Å². The van der Waals surface area contributed by atoms with Crippen molar-refractivity contribution in [3.8, 4) is 0 Å². The molecule has 0 aliphatic carbocycles. The van der Waals surface area contributed by atoms with Crippen molar-refractivity contribution in [3.05, 3.63) is 28.8 Å². The van der Waals surface area contributed by atoms with Gasteiger partial charge in [-0.1, -0.05) is 11.6 Å². The number of rotatable bonds is 1. The third-order valence-electron chi connectivity index (χ3n) is 4.19. The smallest absolute Gasteiger partial charge is 0.199 e. The van der Waals surface area contributed by atoms with E-state index in [9.17, 15) is 4.39 Å². The van der Waals surface area contributed by atoms with Crippen LogP contribution >= 0.6 is 11.6 Å². The maximum absolute atomic E-state index is 13.8. The van der Waals surface area contributed by atoms with Crippen LogP contribution < -0.4 is 4.90 Å². The zero-order chi connectivity index (χ0) is 16.1. The van der Waals surface area contributed by atoms with E-state index < -0.39 is 5.82 Å². The van der Waals surface area contributed by atoms with Crippen molar-refractivity contribution in [2.75, 3.05) is 38.1 Å². The Morgan fingerprint density at radius 3 is 2.61 bits per heavy atom. The largest absolute Gasteiger partial charge is 0.351 e. The van der Waals surface area contributed by atoms with Crippen LogP contribution in [0.15, 0.2) is 12.1 Å². The van der Waals surface area contributed by atoms with Crippen LogP contribution in [0, 0.1) is 12.7 Å². The van der Waals surface area contributed by atoms with Gasteiger partial charge in [0.2, 0.25) is 0 Å². The fraction of sp³-hybridized carbons (Fsp3) is 0.400. The summed E-state index contributed by atoms with van der Waals surface area (Å²) in [5.41, 5.74) is 1.87. The van der Waals surface area contributed by atoms with Gasteiger partial charge in [0.1, 0.15) is 11.6 Å². The molecule has 23 heavy (non-hydrogen) atoms. The number of hydrogen-bond donors (Lipinski definition) is 0. The topological polar surface area (TPSA) is 49.6 Å². The van der Waals surface area contributed by atoms with E-state index in [-0.39, 0.29) is 5.02 Å². The highest BCUT2D eigenvalue weighted by Gasteiger charge is 2.21. The first-order chi connectivity index (χ1) is 11.0. The summed E-state index contributed by atoms with van der Waals surface area (Å²) >= 11 is 5.92. The first kappa shape index (κ1) is 14.6. The van der Waals surface area contributed by atoms with Gasteiger partial charge in [-0.15, -0.1) is 0 Å². The third-order valence-corrected chi connectivity index (χ3v) is 4.48. The second-order valence-electron chi connectivity index (χ2n) is 5.88. The van der Waals surface area contributed by atoms with Crippen LogP contribution in [0.25, 0.3) is 16.7 Å². The molecule has 0 N–H and O–H groups in total. The van der Waals surface area contributed by atoms with E-state index >= 15 is 0 Å². The van der Waals surface area contributed by atoms with Gasteiger partial charge >= 0.3 is 0 Å². The van der Waals surface area contributed by atoms with E-state index in [1.165, 1.54) is 6.07 Å². The Balaban J connectivity index is 1.97. The van der Waals surface area contributed by atoms with Gasteiger partial charge in [0.15, 0.2) is 11.5 Å². The summed E-state index contributed by atoms with van der Waals surface area (Å²) in [5.74, 6) is 0.912. The number of aryl methyl sites for hydroxylation is 1. The average molecular weight is 335 g/mol. The Morgan fingerprint density at radius 2 is 1.87 bits per heavy atom. The van der Waals surface area contributed by atoms with Gasteiger partial charge in [0.25, 0.3) is 0 Å². The molecule has 3 heterocycles. The number of halogens is 2. The van der Waals surface area contributed by atoms with E-state index in [4.69, 9.17) is 11.6 Å². The molecule has 0 atom stereocenters. The van der Waals surface area contributed by atoms with Gasteiger partial charge < -0.3 is 9.80 Å². The normalized spacial score (nSPS) is 16.6. The fourth-order valence-electron chi connectivity index (χ4n) is 2.91. The number of benzene rings is 1. The summed E-state index contributed by atoms with van der Waals surface area (Å²) in [5, 5.41) is 4.49. The molecule has 1 aliphatic rings. The van der Waals surface area contributed by atoms with Crippen molar-refractivity contribution in [3.63, 3.8) is 0 Å². The summed E-state index contributed by atoms with van der Waals surface area (Å²) in [4.78, 5) is 13.6. The van der Waals surface area contributed by atoms with Crippen molar-refractivity contribution in [2.45, 2.75) is 6.92 Å². The Bertz CT molecular complexity index is 900. The summed E-state index contributed by atoms with van der Waals surface area (Å²) in [6.45, 7) is 5.44. The molecule has 1 aliphatic heterocycles. The van der Waals surface area contributed by atoms with Crippen LogP contribution in [-0.4, -0.2) is 57.7 Å². The molecule has 0 radical (unpaired) electrons. The number of nitrogens with zero attached hydrogens (tertiary/aromatic N) is 6. The monoisotopic (exact) mass is 334 g/mol. The lowest BCUT2D eigenvalue weighted by Crippen LogP contribution is -2.45. The zero-order valence-corrected chi connectivity index (χ0v) is 13.7. The van der Waals surface area contributed by atoms with Gasteiger partial charge in [-0.2, -0.15) is 5.10 Å². The molecule has 0 spiro atoms. The van der Waals surface area contributed by atoms with Crippen LogP contribution in [0.3, 0.4) is 0 Å². The van der Waals surface area contributed by atoms with Crippen molar-refractivity contribution >= 4 is 34.1 Å². The number of anilines is 1. The molecule has 0 saturated carbocycles. The molecule has 8 heteroatoms.